The van der Waals surface area contributed by atoms with Crippen molar-refractivity contribution in [1.82, 2.24) is 19.9 Å². The molecule has 134 valence electrons. The average molecular weight is 371 g/mol. The van der Waals surface area contributed by atoms with E-state index in [1.54, 1.807) is 42.7 Å². The molecular weight excluding hydrogens is 352 g/mol. The van der Waals surface area contributed by atoms with Gasteiger partial charge in [0.1, 0.15) is 10.7 Å². The van der Waals surface area contributed by atoms with Crippen molar-refractivity contribution in [3.8, 4) is 0 Å². The van der Waals surface area contributed by atoms with Crippen LogP contribution in [0.3, 0.4) is 0 Å². The number of halogens is 1. The predicted molar refractivity (Wildman–Crippen MR) is 103 cm³/mol. The lowest BCUT2D eigenvalue weighted by Crippen LogP contribution is -2.46. The van der Waals surface area contributed by atoms with Crippen molar-refractivity contribution < 1.29 is 0 Å². The zero-order chi connectivity index (χ0) is 18.9. The van der Waals surface area contributed by atoms with Crippen molar-refractivity contribution in [2.75, 3.05) is 0 Å². The summed E-state index contributed by atoms with van der Waals surface area (Å²) in [5.41, 5.74) is 1.31. The first-order chi connectivity index (χ1) is 12.2. The van der Waals surface area contributed by atoms with Crippen LogP contribution in [0.2, 0.25) is 5.02 Å². The molecule has 3 aromatic rings. The Morgan fingerprint density at radius 2 is 1.54 bits per heavy atom. The van der Waals surface area contributed by atoms with Crippen molar-refractivity contribution >= 4 is 23.8 Å². The van der Waals surface area contributed by atoms with Crippen LogP contribution in [0, 0.1) is 0 Å². The van der Waals surface area contributed by atoms with Crippen LogP contribution < -0.4 is 21.8 Å². The SMILES string of the molecule is CC(C)(C)c1[nH]cnc1/C=c1\[nH]c(=O)/c(=C/c2ccc(Cl)cc2)[nH]c1=O. The number of benzene rings is 1. The van der Waals surface area contributed by atoms with E-state index in [0.717, 1.165) is 11.3 Å². The van der Waals surface area contributed by atoms with Gasteiger partial charge in [0.15, 0.2) is 0 Å². The van der Waals surface area contributed by atoms with Crippen molar-refractivity contribution in [2.24, 2.45) is 0 Å². The van der Waals surface area contributed by atoms with Gasteiger partial charge in [-0.1, -0.05) is 44.5 Å². The molecule has 0 aliphatic carbocycles. The molecule has 2 aromatic heterocycles. The number of nitrogens with zero attached hydrogens (tertiary/aromatic N) is 1. The summed E-state index contributed by atoms with van der Waals surface area (Å²) in [4.78, 5) is 37.3. The fourth-order valence-corrected chi connectivity index (χ4v) is 2.70. The number of hydrogen-bond donors (Lipinski definition) is 3. The van der Waals surface area contributed by atoms with Crippen molar-refractivity contribution in [3.05, 3.63) is 84.0 Å². The van der Waals surface area contributed by atoms with Crippen LogP contribution in [0.5, 0.6) is 0 Å². The molecule has 3 N–H and O–H groups in total. The van der Waals surface area contributed by atoms with Crippen molar-refractivity contribution in [3.63, 3.8) is 0 Å². The molecule has 0 spiro atoms. The number of aromatic nitrogens is 4. The molecular formula is C19H19ClN4O2. The quantitative estimate of drug-likeness (QED) is 0.636. The average Bonchev–Trinajstić information content (AvgIpc) is 3.03. The molecule has 26 heavy (non-hydrogen) atoms. The zero-order valence-corrected chi connectivity index (χ0v) is 15.4. The van der Waals surface area contributed by atoms with E-state index in [1.165, 1.54) is 0 Å². The second kappa shape index (κ2) is 6.80. The first kappa shape index (κ1) is 17.9. The van der Waals surface area contributed by atoms with E-state index in [-0.39, 0.29) is 16.1 Å². The summed E-state index contributed by atoms with van der Waals surface area (Å²) >= 11 is 5.85. The molecule has 2 heterocycles. The van der Waals surface area contributed by atoms with Gasteiger partial charge in [0.25, 0.3) is 11.1 Å². The third kappa shape index (κ3) is 3.86. The number of H-pyrrole nitrogens is 3. The Morgan fingerprint density at radius 1 is 0.962 bits per heavy atom. The van der Waals surface area contributed by atoms with Gasteiger partial charge in [0, 0.05) is 16.1 Å². The minimum Gasteiger partial charge on any atom is -0.348 e. The van der Waals surface area contributed by atoms with Gasteiger partial charge in [0.2, 0.25) is 0 Å². The minimum absolute atomic E-state index is 0.154. The molecule has 0 saturated carbocycles. The Hall–Kier alpha value is -2.86. The topological polar surface area (TPSA) is 94.4 Å². The van der Waals surface area contributed by atoms with Crippen molar-refractivity contribution in [1.29, 1.82) is 0 Å². The molecule has 0 fully saturated rings. The predicted octanol–water partition coefficient (Wildman–Crippen LogP) is 1.39. The molecule has 0 bridgehead atoms. The summed E-state index contributed by atoms with van der Waals surface area (Å²) in [5.74, 6) is 0. The third-order valence-corrected chi connectivity index (χ3v) is 4.12. The highest BCUT2D eigenvalue weighted by molar-refractivity contribution is 6.30. The molecule has 6 nitrogen and oxygen atoms in total. The minimum atomic E-state index is -0.396. The summed E-state index contributed by atoms with van der Waals surface area (Å²) in [5, 5.41) is 0.927. The monoisotopic (exact) mass is 370 g/mol. The van der Waals surface area contributed by atoms with Gasteiger partial charge in [-0.05, 0) is 29.8 Å². The maximum Gasteiger partial charge on any atom is 0.272 e. The Labute approximate surface area is 154 Å². The highest BCUT2D eigenvalue weighted by Gasteiger charge is 2.19. The van der Waals surface area contributed by atoms with E-state index >= 15 is 0 Å². The molecule has 0 saturated heterocycles. The van der Waals surface area contributed by atoms with Gasteiger partial charge in [0.05, 0.1) is 12.0 Å². The van der Waals surface area contributed by atoms with Crippen LogP contribution >= 0.6 is 11.6 Å². The van der Waals surface area contributed by atoms with Gasteiger partial charge in [-0.25, -0.2) is 4.98 Å². The van der Waals surface area contributed by atoms with Gasteiger partial charge in [-0.3, -0.25) is 9.59 Å². The zero-order valence-electron chi connectivity index (χ0n) is 14.7. The smallest absolute Gasteiger partial charge is 0.272 e. The van der Waals surface area contributed by atoms with E-state index < -0.39 is 11.1 Å². The van der Waals surface area contributed by atoms with Crippen LogP contribution in [0.25, 0.3) is 12.2 Å². The summed E-state index contributed by atoms with van der Waals surface area (Å²) in [6.45, 7) is 6.11. The van der Waals surface area contributed by atoms with E-state index in [4.69, 9.17) is 11.6 Å². The van der Waals surface area contributed by atoms with E-state index in [9.17, 15) is 9.59 Å². The van der Waals surface area contributed by atoms with Gasteiger partial charge in [-0.2, -0.15) is 0 Å². The normalized spacial score (nSPS) is 13.4. The highest BCUT2D eigenvalue weighted by atomic mass is 35.5. The number of hydrogen-bond acceptors (Lipinski definition) is 3. The van der Waals surface area contributed by atoms with Crippen LogP contribution in [0.4, 0.5) is 0 Å². The lowest BCUT2D eigenvalue weighted by molar-refractivity contribution is 0.571. The summed E-state index contributed by atoms with van der Waals surface area (Å²) in [6, 6.07) is 6.96. The maximum atomic E-state index is 12.4. The Balaban J connectivity index is 2.12. The second-order valence-electron chi connectivity index (χ2n) is 6.99. The molecule has 1 aromatic carbocycles. The molecule has 0 atom stereocenters. The van der Waals surface area contributed by atoms with Crippen LogP contribution in [-0.2, 0) is 5.41 Å². The van der Waals surface area contributed by atoms with Crippen LogP contribution in [-0.4, -0.2) is 19.9 Å². The Kier molecular flexibility index (Phi) is 4.70. The molecule has 0 aliphatic heterocycles. The van der Waals surface area contributed by atoms with Gasteiger partial charge >= 0.3 is 0 Å². The molecule has 3 rings (SSSR count). The number of aromatic amines is 3. The lowest BCUT2D eigenvalue weighted by atomic mass is 9.90. The molecule has 0 amide bonds. The molecule has 0 unspecified atom stereocenters. The number of imidazole rings is 1. The highest BCUT2D eigenvalue weighted by Crippen LogP contribution is 2.22. The van der Waals surface area contributed by atoms with Crippen molar-refractivity contribution in [2.45, 2.75) is 26.2 Å². The molecule has 0 radical (unpaired) electrons. The largest absolute Gasteiger partial charge is 0.348 e. The molecule has 0 aliphatic rings. The van der Waals surface area contributed by atoms with Gasteiger partial charge in [-0.15, -0.1) is 0 Å². The van der Waals surface area contributed by atoms with Crippen LogP contribution in [0.15, 0.2) is 40.2 Å². The maximum absolute atomic E-state index is 12.4. The fraction of sp³-hybridized carbons (Fsp3) is 0.211. The summed E-state index contributed by atoms with van der Waals surface area (Å²) < 4.78 is 0. The van der Waals surface area contributed by atoms with E-state index in [0.29, 0.717) is 10.7 Å². The standard InChI is InChI=1S/C19H19ClN4O2/c1-19(2,3)16-13(21-10-22-16)9-15-18(26)23-14(17(25)24-15)8-11-4-6-12(20)7-5-11/h4-10H,1-3H3,(H,21,22)(H,23,26)(H,24,25)/b14-8-,15-9-. The Bertz CT molecular complexity index is 1160. The second-order valence-corrected chi connectivity index (χ2v) is 7.43. The fourth-order valence-electron chi connectivity index (χ4n) is 2.57. The first-order valence-electron chi connectivity index (χ1n) is 8.09. The molecule has 7 heteroatoms. The Morgan fingerprint density at radius 3 is 2.12 bits per heavy atom. The van der Waals surface area contributed by atoms with E-state index in [2.05, 4.69) is 19.9 Å². The first-order valence-corrected chi connectivity index (χ1v) is 8.47. The number of rotatable bonds is 2. The third-order valence-electron chi connectivity index (χ3n) is 3.87. The van der Waals surface area contributed by atoms with Gasteiger partial charge < -0.3 is 15.0 Å². The van der Waals surface area contributed by atoms with Crippen LogP contribution in [0.1, 0.15) is 37.7 Å². The summed E-state index contributed by atoms with van der Waals surface area (Å²) in [7, 11) is 0. The number of nitrogens with one attached hydrogen (secondary N) is 3. The van der Waals surface area contributed by atoms with E-state index in [1.807, 2.05) is 20.8 Å². The lowest BCUT2D eigenvalue weighted by Gasteiger charge is -2.16. The summed E-state index contributed by atoms with van der Waals surface area (Å²) in [6.07, 6.45) is 4.74.